The van der Waals surface area contributed by atoms with E-state index in [1.807, 2.05) is 47.3 Å². The molecule has 2 aromatic rings. The van der Waals surface area contributed by atoms with Crippen LogP contribution in [0.15, 0.2) is 54.9 Å². The fraction of sp³-hybridized carbons (Fsp3) is 0.0769. The number of esters is 1. The number of hydrogen-bond donors (Lipinski definition) is 0. The summed E-state index contributed by atoms with van der Waals surface area (Å²) in [6, 6.07) is 13.1. The number of hydrogen-bond acceptors (Lipinski definition) is 2. The number of pyridine rings is 1. The first kappa shape index (κ1) is 10.4. The van der Waals surface area contributed by atoms with Gasteiger partial charge in [0.1, 0.15) is 0 Å². The Morgan fingerprint density at radius 3 is 2.25 bits per heavy atom. The normalized spacial score (nSPS) is 9.81. The summed E-state index contributed by atoms with van der Waals surface area (Å²) in [5.74, 6) is -0.315. The van der Waals surface area contributed by atoms with Crippen molar-refractivity contribution in [2.75, 3.05) is 7.11 Å². The van der Waals surface area contributed by atoms with E-state index < -0.39 is 0 Å². The molecule has 1 aromatic heterocycles. The van der Waals surface area contributed by atoms with Crippen LogP contribution in [-0.2, 0) is 4.74 Å². The van der Waals surface area contributed by atoms with Crippen molar-refractivity contribution in [2.45, 2.75) is 0 Å². The minimum absolute atomic E-state index is 0.315. The van der Waals surface area contributed by atoms with Gasteiger partial charge < -0.3 is 4.74 Å². The summed E-state index contributed by atoms with van der Waals surface area (Å²) in [6.07, 6.45) is 3.90. The van der Waals surface area contributed by atoms with Crippen molar-refractivity contribution in [2.24, 2.45) is 0 Å². The van der Waals surface area contributed by atoms with Crippen LogP contribution < -0.4 is 4.57 Å². The summed E-state index contributed by atoms with van der Waals surface area (Å²) in [4.78, 5) is 11.2. The van der Waals surface area contributed by atoms with Gasteiger partial charge in [-0.1, -0.05) is 6.07 Å². The van der Waals surface area contributed by atoms with E-state index in [9.17, 15) is 4.79 Å². The second-order valence-corrected chi connectivity index (χ2v) is 3.32. The van der Waals surface area contributed by atoms with Crippen LogP contribution in [0.5, 0.6) is 0 Å². The number of nitrogens with zero attached hydrogens (tertiary/aromatic N) is 1. The van der Waals surface area contributed by atoms with Gasteiger partial charge in [-0.2, -0.15) is 4.57 Å². The van der Waals surface area contributed by atoms with Crippen LogP contribution in [0, 0.1) is 0 Å². The number of aromatic nitrogens is 1. The number of ether oxygens (including phenoxy) is 1. The molecule has 1 aromatic carbocycles. The van der Waals surface area contributed by atoms with Gasteiger partial charge >= 0.3 is 5.97 Å². The molecule has 0 aliphatic carbocycles. The topological polar surface area (TPSA) is 30.2 Å². The third-order valence-corrected chi connectivity index (χ3v) is 2.30. The zero-order valence-electron chi connectivity index (χ0n) is 8.96. The molecule has 3 nitrogen and oxygen atoms in total. The van der Waals surface area contributed by atoms with E-state index in [-0.39, 0.29) is 5.97 Å². The van der Waals surface area contributed by atoms with Gasteiger partial charge in [-0.3, -0.25) is 0 Å². The highest BCUT2D eigenvalue weighted by Gasteiger charge is 2.08. The van der Waals surface area contributed by atoms with Crippen molar-refractivity contribution in [3.63, 3.8) is 0 Å². The van der Waals surface area contributed by atoms with Gasteiger partial charge in [0, 0.05) is 24.3 Å². The molecule has 0 spiro atoms. The largest absolute Gasteiger partial charge is 0.465 e. The molecule has 0 aliphatic rings. The lowest BCUT2D eigenvalue weighted by Gasteiger charge is -1.98. The number of carbonyl (C=O) groups is 1. The molecule has 16 heavy (non-hydrogen) atoms. The standard InChI is InChI=1S/C13H12NO2/c1-16-13(15)11-5-7-12(8-6-11)14-9-3-2-4-10-14/h2-10H,1H3/q+1. The van der Waals surface area contributed by atoms with E-state index in [1.54, 1.807) is 12.1 Å². The Labute approximate surface area is 93.9 Å². The Morgan fingerprint density at radius 1 is 1.06 bits per heavy atom. The minimum atomic E-state index is -0.315. The molecule has 0 unspecified atom stereocenters. The Balaban J connectivity index is 2.30. The van der Waals surface area contributed by atoms with Gasteiger partial charge in [0.25, 0.3) is 0 Å². The summed E-state index contributed by atoms with van der Waals surface area (Å²) in [7, 11) is 1.38. The lowest BCUT2D eigenvalue weighted by Crippen LogP contribution is -2.28. The van der Waals surface area contributed by atoms with Crippen molar-refractivity contribution in [3.05, 3.63) is 60.4 Å². The predicted octanol–water partition coefficient (Wildman–Crippen LogP) is 1.75. The Kier molecular flexibility index (Phi) is 2.96. The molecule has 3 heteroatoms. The van der Waals surface area contributed by atoms with E-state index in [1.165, 1.54) is 7.11 Å². The summed E-state index contributed by atoms with van der Waals surface area (Å²) >= 11 is 0. The maximum atomic E-state index is 11.2. The monoisotopic (exact) mass is 214 g/mol. The van der Waals surface area contributed by atoms with E-state index >= 15 is 0 Å². The second kappa shape index (κ2) is 4.57. The van der Waals surface area contributed by atoms with E-state index in [4.69, 9.17) is 0 Å². The molecule has 0 N–H and O–H groups in total. The van der Waals surface area contributed by atoms with Crippen LogP contribution in [-0.4, -0.2) is 13.1 Å². The van der Waals surface area contributed by atoms with Crippen molar-refractivity contribution in [1.82, 2.24) is 0 Å². The third-order valence-electron chi connectivity index (χ3n) is 2.30. The fourth-order valence-electron chi connectivity index (χ4n) is 1.46. The van der Waals surface area contributed by atoms with Crippen molar-refractivity contribution < 1.29 is 14.1 Å². The number of benzene rings is 1. The zero-order chi connectivity index (χ0) is 11.4. The van der Waals surface area contributed by atoms with E-state index in [0.29, 0.717) is 5.56 Å². The lowest BCUT2D eigenvalue weighted by atomic mass is 10.2. The highest BCUT2D eigenvalue weighted by atomic mass is 16.5. The Morgan fingerprint density at radius 2 is 1.69 bits per heavy atom. The van der Waals surface area contributed by atoms with E-state index in [2.05, 4.69) is 4.74 Å². The average molecular weight is 214 g/mol. The number of rotatable bonds is 2. The third kappa shape index (κ3) is 2.08. The highest BCUT2D eigenvalue weighted by molar-refractivity contribution is 5.89. The summed E-state index contributed by atoms with van der Waals surface area (Å²) in [5.41, 5.74) is 1.57. The maximum Gasteiger partial charge on any atom is 0.337 e. The molecule has 0 atom stereocenters. The van der Waals surface area contributed by atoms with Crippen LogP contribution >= 0.6 is 0 Å². The van der Waals surface area contributed by atoms with Crippen LogP contribution in [0.25, 0.3) is 5.69 Å². The SMILES string of the molecule is COC(=O)c1ccc(-[n+]2ccccc2)cc1. The molecule has 0 fully saturated rings. The van der Waals surface area contributed by atoms with E-state index in [0.717, 1.165) is 5.69 Å². The van der Waals surface area contributed by atoms with Crippen molar-refractivity contribution in [1.29, 1.82) is 0 Å². The smallest absolute Gasteiger partial charge is 0.337 e. The van der Waals surface area contributed by atoms with Crippen LogP contribution in [0.1, 0.15) is 10.4 Å². The molecule has 0 bridgehead atoms. The predicted molar refractivity (Wildman–Crippen MR) is 59.3 cm³/mol. The molecule has 0 radical (unpaired) electrons. The molecule has 0 amide bonds. The molecule has 80 valence electrons. The van der Waals surface area contributed by atoms with Gasteiger partial charge in [-0.15, -0.1) is 0 Å². The summed E-state index contributed by atoms with van der Waals surface area (Å²) in [6.45, 7) is 0. The molecule has 0 saturated heterocycles. The van der Waals surface area contributed by atoms with Gasteiger partial charge in [0.15, 0.2) is 12.4 Å². The first-order chi connectivity index (χ1) is 7.81. The van der Waals surface area contributed by atoms with Crippen LogP contribution in [0.2, 0.25) is 0 Å². The maximum absolute atomic E-state index is 11.2. The molecule has 0 saturated carbocycles. The van der Waals surface area contributed by atoms with Gasteiger partial charge in [0.2, 0.25) is 5.69 Å². The minimum Gasteiger partial charge on any atom is -0.465 e. The molecular formula is C13H12NO2+. The van der Waals surface area contributed by atoms with Crippen LogP contribution in [0.3, 0.4) is 0 Å². The molecular weight excluding hydrogens is 202 g/mol. The number of carbonyl (C=O) groups excluding carboxylic acids is 1. The Hall–Kier alpha value is -2.16. The number of methoxy groups -OCH3 is 1. The summed E-state index contributed by atoms with van der Waals surface area (Å²) in [5, 5.41) is 0. The zero-order valence-corrected chi connectivity index (χ0v) is 8.96. The lowest BCUT2D eigenvalue weighted by molar-refractivity contribution is -0.595. The highest BCUT2D eigenvalue weighted by Crippen LogP contribution is 2.05. The fourth-order valence-corrected chi connectivity index (χ4v) is 1.46. The molecule has 2 rings (SSSR count). The van der Waals surface area contributed by atoms with Crippen molar-refractivity contribution in [3.8, 4) is 5.69 Å². The van der Waals surface area contributed by atoms with Crippen LogP contribution in [0.4, 0.5) is 0 Å². The van der Waals surface area contributed by atoms with Gasteiger partial charge in [0.05, 0.1) is 12.7 Å². The second-order valence-electron chi connectivity index (χ2n) is 3.32. The van der Waals surface area contributed by atoms with Crippen molar-refractivity contribution >= 4 is 5.97 Å². The Bertz CT molecular complexity index is 477. The first-order valence-corrected chi connectivity index (χ1v) is 4.96. The molecule has 1 heterocycles. The summed E-state index contributed by atoms with van der Waals surface area (Å²) < 4.78 is 6.61. The quantitative estimate of drug-likeness (QED) is 0.563. The van der Waals surface area contributed by atoms with Gasteiger partial charge in [-0.05, 0) is 12.1 Å². The average Bonchev–Trinajstić information content (AvgIpc) is 2.39. The van der Waals surface area contributed by atoms with Gasteiger partial charge in [-0.25, -0.2) is 4.79 Å². The molecule has 0 aliphatic heterocycles. The first-order valence-electron chi connectivity index (χ1n) is 4.96.